The molecule has 0 radical (unpaired) electrons. The third kappa shape index (κ3) is 2.38. The summed E-state index contributed by atoms with van der Waals surface area (Å²) in [5, 5.41) is 9.34. The van der Waals surface area contributed by atoms with E-state index in [2.05, 4.69) is 0 Å². The Morgan fingerprint density at radius 1 is 1.11 bits per heavy atom. The van der Waals surface area contributed by atoms with Crippen LogP contribution < -0.4 is 0 Å². The highest BCUT2D eigenvalue weighted by Crippen LogP contribution is 2.38. The molecule has 1 saturated heterocycles. The lowest BCUT2D eigenvalue weighted by atomic mass is 9.76. The van der Waals surface area contributed by atoms with E-state index in [1.54, 1.807) is 4.90 Å². The molecule has 1 heterocycles. The molecule has 3 atom stereocenters. The number of carbonyl (C=O) groups excluding carboxylic acids is 1. The second-order valence-corrected chi connectivity index (χ2v) is 5.94. The van der Waals surface area contributed by atoms with E-state index in [-0.39, 0.29) is 17.9 Å². The van der Waals surface area contributed by atoms with E-state index < -0.39 is 12.0 Å². The van der Waals surface area contributed by atoms with Crippen LogP contribution in [-0.4, -0.2) is 34.0 Å². The lowest BCUT2D eigenvalue weighted by molar-refractivity contribution is -0.160. The molecule has 4 heteroatoms. The van der Waals surface area contributed by atoms with Gasteiger partial charge in [-0.05, 0) is 31.6 Å². The third-order valence-corrected chi connectivity index (χ3v) is 4.41. The van der Waals surface area contributed by atoms with Crippen molar-refractivity contribution in [3.05, 3.63) is 0 Å². The van der Waals surface area contributed by atoms with Crippen LogP contribution in [0.5, 0.6) is 0 Å². The van der Waals surface area contributed by atoms with Crippen molar-refractivity contribution in [3.8, 4) is 0 Å². The van der Waals surface area contributed by atoms with Gasteiger partial charge in [-0.25, -0.2) is 4.79 Å². The highest BCUT2D eigenvalue weighted by atomic mass is 16.4. The minimum absolute atomic E-state index is 0.0130. The van der Waals surface area contributed by atoms with Crippen molar-refractivity contribution in [2.45, 2.75) is 64.5 Å². The van der Waals surface area contributed by atoms with Crippen LogP contribution in [-0.2, 0) is 9.59 Å². The number of fused-ring (bicyclic) bond motifs is 1. The van der Waals surface area contributed by atoms with Crippen LogP contribution in [0.1, 0.15) is 52.4 Å². The van der Waals surface area contributed by atoms with Gasteiger partial charge in [0.1, 0.15) is 6.04 Å². The van der Waals surface area contributed by atoms with Crippen LogP contribution in [0.3, 0.4) is 0 Å². The maximum absolute atomic E-state index is 12.3. The molecule has 1 N–H and O–H groups in total. The first-order valence-electron chi connectivity index (χ1n) is 7.07. The molecule has 0 aromatic carbocycles. The molecule has 0 aromatic rings. The molecule has 18 heavy (non-hydrogen) atoms. The van der Waals surface area contributed by atoms with E-state index in [9.17, 15) is 14.7 Å². The number of rotatable bonds is 2. The Bertz CT molecular complexity index is 340. The average Bonchev–Trinajstić information content (AvgIpc) is 2.36. The van der Waals surface area contributed by atoms with Crippen molar-refractivity contribution in [2.75, 3.05) is 0 Å². The Kier molecular flexibility index (Phi) is 3.93. The molecule has 1 aliphatic carbocycles. The standard InChI is InChI=1S/C14H23NO3/c1-9(2)13(16)15-11-6-4-3-5-10(11)7-8-12(15)14(17)18/h9-12H,3-8H2,1-2H3,(H,17,18). The molecule has 2 rings (SSSR count). The van der Waals surface area contributed by atoms with E-state index in [1.165, 1.54) is 6.42 Å². The van der Waals surface area contributed by atoms with Gasteiger partial charge in [0.25, 0.3) is 0 Å². The van der Waals surface area contributed by atoms with Crippen LogP contribution in [0.15, 0.2) is 0 Å². The van der Waals surface area contributed by atoms with E-state index in [0.29, 0.717) is 12.3 Å². The van der Waals surface area contributed by atoms with Crippen molar-refractivity contribution >= 4 is 11.9 Å². The van der Waals surface area contributed by atoms with Crippen LogP contribution in [0.25, 0.3) is 0 Å². The number of piperidine rings is 1. The monoisotopic (exact) mass is 253 g/mol. The van der Waals surface area contributed by atoms with Crippen LogP contribution in [0.4, 0.5) is 0 Å². The molecule has 3 unspecified atom stereocenters. The molecule has 0 spiro atoms. The summed E-state index contributed by atoms with van der Waals surface area (Å²) < 4.78 is 0. The van der Waals surface area contributed by atoms with Gasteiger partial charge in [-0.3, -0.25) is 4.79 Å². The first kappa shape index (κ1) is 13.4. The third-order valence-electron chi connectivity index (χ3n) is 4.41. The number of nitrogens with zero attached hydrogens (tertiary/aromatic N) is 1. The molecular formula is C14H23NO3. The summed E-state index contributed by atoms with van der Waals surface area (Å²) in [4.78, 5) is 25.4. The number of likely N-dealkylation sites (tertiary alicyclic amines) is 1. The van der Waals surface area contributed by atoms with Gasteiger partial charge >= 0.3 is 5.97 Å². The van der Waals surface area contributed by atoms with E-state index in [4.69, 9.17) is 0 Å². The maximum Gasteiger partial charge on any atom is 0.326 e. The second kappa shape index (κ2) is 5.29. The summed E-state index contributed by atoms with van der Waals surface area (Å²) in [6.45, 7) is 3.71. The molecule has 1 aliphatic heterocycles. The first-order chi connectivity index (χ1) is 8.52. The zero-order chi connectivity index (χ0) is 13.3. The number of carboxylic acid groups (broad SMARTS) is 1. The Labute approximate surface area is 108 Å². The smallest absolute Gasteiger partial charge is 0.326 e. The summed E-state index contributed by atoms with van der Waals surface area (Å²) in [7, 11) is 0. The van der Waals surface area contributed by atoms with Gasteiger partial charge < -0.3 is 10.0 Å². The van der Waals surface area contributed by atoms with Gasteiger partial charge in [0.15, 0.2) is 0 Å². The lowest BCUT2D eigenvalue weighted by Gasteiger charge is -2.47. The summed E-state index contributed by atoms with van der Waals surface area (Å²) >= 11 is 0. The molecule has 4 nitrogen and oxygen atoms in total. The topological polar surface area (TPSA) is 57.6 Å². The summed E-state index contributed by atoms with van der Waals surface area (Å²) in [6, 6.07) is -0.428. The number of hydrogen-bond donors (Lipinski definition) is 1. The predicted molar refractivity (Wildman–Crippen MR) is 68.1 cm³/mol. The fourth-order valence-electron chi connectivity index (χ4n) is 3.49. The Morgan fingerprint density at radius 3 is 2.39 bits per heavy atom. The van der Waals surface area contributed by atoms with Crippen molar-refractivity contribution in [1.82, 2.24) is 4.90 Å². The number of carboxylic acids is 1. The van der Waals surface area contributed by atoms with Gasteiger partial charge in [0.2, 0.25) is 5.91 Å². The predicted octanol–water partition coefficient (Wildman–Crippen LogP) is 2.28. The van der Waals surface area contributed by atoms with Crippen molar-refractivity contribution in [2.24, 2.45) is 11.8 Å². The second-order valence-electron chi connectivity index (χ2n) is 5.94. The van der Waals surface area contributed by atoms with Crippen LogP contribution in [0, 0.1) is 11.8 Å². The SMILES string of the molecule is CC(C)C(=O)N1C(C(=O)O)CCC2CCCCC21. The molecule has 1 saturated carbocycles. The quantitative estimate of drug-likeness (QED) is 0.821. The fraction of sp³-hybridized carbons (Fsp3) is 0.857. The maximum atomic E-state index is 12.3. The number of aliphatic carboxylic acids is 1. The van der Waals surface area contributed by atoms with Gasteiger partial charge in [-0.15, -0.1) is 0 Å². The highest BCUT2D eigenvalue weighted by molar-refractivity contribution is 5.85. The summed E-state index contributed by atoms with van der Waals surface area (Å²) in [5.74, 6) is -0.420. The molecular weight excluding hydrogens is 230 g/mol. The highest BCUT2D eigenvalue weighted by Gasteiger charge is 2.44. The van der Waals surface area contributed by atoms with Crippen LogP contribution in [0.2, 0.25) is 0 Å². The average molecular weight is 253 g/mol. The van der Waals surface area contributed by atoms with Crippen molar-refractivity contribution < 1.29 is 14.7 Å². The number of amides is 1. The number of carbonyl (C=O) groups is 2. The lowest BCUT2D eigenvalue weighted by Crippen LogP contribution is -2.58. The molecule has 2 fully saturated rings. The normalized spacial score (nSPS) is 32.2. The Hall–Kier alpha value is -1.06. The Balaban J connectivity index is 2.24. The zero-order valence-corrected chi connectivity index (χ0v) is 11.3. The fourth-order valence-corrected chi connectivity index (χ4v) is 3.49. The van der Waals surface area contributed by atoms with Gasteiger partial charge in [0.05, 0.1) is 0 Å². The zero-order valence-electron chi connectivity index (χ0n) is 11.3. The molecule has 102 valence electrons. The Morgan fingerprint density at radius 2 is 1.78 bits per heavy atom. The molecule has 1 amide bonds. The molecule has 0 bridgehead atoms. The largest absolute Gasteiger partial charge is 0.480 e. The minimum Gasteiger partial charge on any atom is -0.480 e. The number of hydrogen-bond acceptors (Lipinski definition) is 2. The first-order valence-corrected chi connectivity index (χ1v) is 7.07. The van der Waals surface area contributed by atoms with Gasteiger partial charge in [-0.2, -0.15) is 0 Å². The summed E-state index contributed by atoms with van der Waals surface area (Å²) in [5.41, 5.74) is 0. The van der Waals surface area contributed by atoms with E-state index >= 15 is 0 Å². The summed E-state index contributed by atoms with van der Waals surface area (Å²) in [6.07, 6.45) is 6.06. The van der Waals surface area contributed by atoms with E-state index in [1.807, 2.05) is 13.8 Å². The van der Waals surface area contributed by atoms with Crippen molar-refractivity contribution in [3.63, 3.8) is 0 Å². The van der Waals surface area contributed by atoms with E-state index in [0.717, 1.165) is 25.7 Å². The minimum atomic E-state index is -0.840. The molecule has 0 aromatic heterocycles. The van der Waals surface area contributed by atoms with Gasteiger partial charge in [-0.1, -0.05) is 26.7 Å². The van der Waals surface area contributed by atoms with Crippen LogP contribution >= 0.6 is 0 Å². The van der Waals surface area contributed by atoms with Gasteiger partial charge in [0, 0.05) is 12.0 Å². The molecule has 2 aliphatic rings. The van der Waals surface area contributed by atoms with Crippen molar-refractivity contribution in [1.29, 1.82) is 0 Å².